The van der Waals surface area contributed by atoms with E-state index in [1.54, 1.807) is 24.5 Å². The molecule has 1 unspecified atom stereocenters. The summed E-state index contributed by atoms with van der Waals surface area (Å²) in [5, 5.41) is 8.75. The molecule has 0 aliphatic heterocycles. The molecule has 3 aromatic heterocycles. The third kappa shape index (κ3) is 4.64. The Kier molecular flexibility index (Phi) is 6.79. The van der Waals surface area contributed by atoms with Crippen LogP contribution in [0.15, 0.2) is 46.0 Å². The minimum Gasteiger partial charge on any atom is -0.481 e. The molecule has 13 heteroatoms. The topological polar surface area (TPSA) is 115 Å². The molecule has 0 bridgehead atoms. The number of aromatic amines is 1. The molecule has 0 saturated heterocycles. The van der Waals surface area contributed by atoms with Gasteiger partial charge in [-0.2, -0.15) is 20.2 Å². The van der Waals surface area contributed by atoms with Crippen LogP contribution in [0.2, 0.25) is 0 Å². The summed E-state index contributed by atoms with van der Waals surface area (Å²) in [7, 11) is 0.785. The van der Waals surface area contributed by atoms with Crippen molar-refractivity contribution in [2.75, 3.05) is 18.9 Å². The van der Waals surface area contributed by atoms with E-state index in [9.17, 15) is 13.0 Å². The summed E-state index contributed by atoms with van der Waals surface area (Å²) in [5.74, 6) is -0.274. The van der Waals surface area contributed by atoms with Gasteiger partial charge >= 0.3 is 0 Å². The fourth-order valence-electron chi connectivity index (χ4n) is 3.28. The third-order valence-corrected chi connectivity index (χ3v) is 6.42. The van der Waals surface area contributed by atoms with Crippen LogP contribution in [-0.2, 0) is 17.4 Å². The second-order valence-corrected chi connectivity index (χ2v) is 8.65. The lowest BCUT2D eigenvalue weighted by molar-refractivity contribution is 0.146. The molecule has 0 aliphatic carbocycles. The molecule has 1 atom stereocenters. The molecule has 9 nitrogen and oxygen atoms in total. The van der Waals surface area contributed by atoms with E-state index in [-0.39, 0.29) is 23.3 Å². The van der Waals surface area contributed by atoms with Crippen LogP contribution in [0.5, 0.6) is 11.8 Å². The summed E-state index contributed by atoms with van der Waals surface area (Å²) >= 11 is 3.53. The van der Waals surface area contributed by atoms with Crippen molar-refractivity contribution in [3.8, 4) is 23.0 Å². The van der Waals surface area contributed by atoms with Crippen molar-refractivity contribution < 1.29 is 22.5 Å². The molecule has 0 fully saturated rings. The number of benzene rings is 1. The van der Waals surface area contributed by atoms with Gasteiger partial charge in [-0.05, 0) is 18.2 Å². The summed E-state index contributed by atoms with van der Waals surface area (Å²) in [6.07, 6.45) is -0.109. The predicted octanol–water partition coefficient (Wildman–Crippen LogP) is 4.14. The second kappa shape index (κ2) is 9.75. The second-order valence-electron chi connectivity index (χ2n) is 6.62. The standard InChI is InChI=1S/C20H17BrF2N6O3S/c1-31-18-11(8-15(22)23)19(32-2)27-20(26-18)29-33(30)14-9-24-17-10(14)5-6-12(21)16(17)13-4-3-7-25-28-13/h3-7,9,15,24H,8H2,1-2H3,(H,26,27,29). The van der Waals surface area contributed by atoms with E-state index in [0.29, 0.717) is 21.5 Å². The maximum absolute atomic E-state index is 13.1. The van der Waals surface area contributed by atoms with E-state index in [4.69, 9.17) is 9.47 Å². The van der Waals surface area contributed by atoms with Crippen LogP contribution in [-0.4, -0.2) is 50.0 Å². The lowest BCUT2D eigenvalue weighted by Crippen LogP contribution is -2.12. The molecule has 1 aromatic carbocycles. The number of anilines is 1. The summed E-state index contributed by atoms with van der Waals surface area (Å²) in [4.78, 5) is 11.7. The molecule has 0 amide bonds. The first-order chi connectivity index (χ1) is 15.9. The average molecular weight is 539 g/mol. The molecule has 0 spiro atoms. The van der Waals surface area contributed by atoms with E-state index in [2.05, 4.69) is 45.8 Å². The number of rotatable bonds is 8. The summed E-state index contributed by atoms with van der Waals surface area (Å²) < 4.78 is 52.7. The monoisotopic (exact) mass is 538 g/mol. The van der Waals surface area contributed by atoms with Gasteiger partial charge in [0.15, 0.2) is 11.0 Å². The molecule has 2 N–H and O–H groups in total. The van der Waals surface area contributed by atoms with Crippen molar-refractivity contribution in [3.05, 3.63) is 46.7 Å². The normalized spacial score (nSPS) is 12.2. The number of nitrogens with one attached hydrogen (secondary N) is 2. The van der Waals surface area contributed by atoms with Gasteiger partial charge in [0.2, 0.25) is 24.1 Å². The fourth-order valence-corrected chi connectivity index (χ4v) is 4.72. The van der Waals surface area contributed by atoms with Crippen LogP contribution in [0.25, 0.3) is 22.2 Å². The number of fused-ring (bicyclic) bond motifs is 1. The van der Waals surface area contributed by atoms with E-state index in [0.717, 1.165) is 10.0 Å². The quantitative estimate of drug-likeness (QED) is 0.346. The van der Waals surface area contributed by atoms with Crippen LogP contribution in [0.4, 0.5) is 14.7 Å². The third-order valence-electron chi connectivity index (χ3n) is 4.66. The number of methoxy groups -OCH3 is 2. The van der Waals surface area contributed by atoms with Gasteiger partial charge in [0.1, 0.15) is 0 Å². The van der Waals surface area contributed by atoms with Crippen LogP contribution < -0.4 is 14.2 Å². The maximum atomic E-state index is 13.1. The Bertz CT molecular complexity index is 1300. The lowest BCUT2D eigenvalue weighted by Gasteiger charge is -2.13. The Hall–Kier alpha value is -3.19. The van der Waals surface area contributed by atoms with Crippen LogP contribution in [0.1, 0.15) is 5.56 Å². The number of aromatic nitrogens is 5. The Morgan fingerprint density at radius 3 is 2.52 bits per heavy atom. The number of alkyl halides is 2. The smallest absolute Gasteiger partial charge is 0.243 e. The molecular formula is C20H17BrF2N6O3S. The number of hydrogen-bond acceptors (Lipinski definition) is 7. The Labute approximate surface area is 197 Å². The molecular weight excluding hydrogens is 522 g/mol. The van der Waals surface area contributed by atoms with Gasteiger partial charge < -0.3 is 14.5 Å². The molecule has 4 rings (SSSR count). The van der Waals surface area contributed by atoms with Gasteiger partial charge in [-0.25, -0.2) is 13.0 Å². The average Bonchev–Trinajstić information content (AvgIpc) is 3.24. The summed E-state index contributed by atoms with van der Waals surface area (Å²) in [6.45, 7) is 0. The van der Waals surface area contributed by atoms with Crippen LogP contribution in [0.3, 0.4) is 0 Å². The van der Waals surface area contributed by atoms with Crippen molar-refractivity contribution >= 4 is 43.8 Å². The van der Waals surface area contributed by atoms with Gasteiger partial charge in [-0.1, -0.05) is 22.0 Å². The summed E-state index contributed by atoms with van der Waals surface area (Å²) in [6, 6.07) is 7.21. The highest BCUT2D eigenvalue weighted by Crippen LogP contribution is 2.36. The van der Waals surface area contributed by atoms with Crippen molar-refractivity contribution in [2.24, 2.45) is 0 Å². The fraction of sp³-hybridized carbons (Fsp3) is 0.200. The van der Waals surface area contributed by atoms with Crippen molar-refractivity contribution in [3.63, 3.8) is 0 Å². The largest absolute Gasteiger partial charge is 0.481 e. The van der Waals surface area contributed by atoms with Gasteiger partial charge in [0.25, 0.3) is 0 Å². The molecule has 3 heterocycles. The van der Waals surface area contributed by atoms with Crippen molar-refractivity contribution in [1.82, 2.24) is 25.1 Å². The molecule has 0 saturated carbocycles. The number of ether oxygens (including phenoxy) is 2. The van der Waals surface area contributed by atoms with Crippen LogP contribution in [0, 0.1) is 0 Å². The highest BCUT2D eigenvalue weighted by molar-refractivity contribution is 9.10. The van der Waals surface area contributed by atoms with E-state index in [1.807, 2.05) is 12.1 Å². The summed E-state index contributed by atoms with van der Waals surface area (Å²) in [5.41, 5.74) is 2.13. The van der Waals surface area contributed by atoms with Gasteiger partial charge in [-0.15, -0.1) is 0 Å². The number of H-pyrrole nitrogens is 1. The number of halogens is 3. The Morgan fingerprint density at radius 2 is 1.91 bits per heavy atom. The zero-order valence-electron chi connectivity index (χ0n) is 17.3. The van der Waals surface area contributed by atoms with Gasteiger partial charge in [0.05, 0.1) is 35.9 Å². The molecule has 0 radical (unpaired) electrons. The SMILES string of the molecule is COc1nc(NS(=O)c2c[nH]c3c(-c4cccnn4)c(Br)ccc23)nc(OC)c1CC(F)F. The Balaban J connectivity index is 1.71. The first kappa shape index (κ1) is 23.0. The van der Waals surface area contributed by atoms with E-state index < -0.39 is 23.8 Å². The first-order valence-corrected chi connectivity index (χ1v) is 11.4. The molecule has 0 aliphatic rings. The van der Waals surface area contributed by atoms with Crippen molar-refractivity contribution in [2.45, 2.75) is 17.7 Å². The Morgan fingerprint density at radius 1 is 1.18 bits per heavy atom. The predicted molar refractivity (Wildman–Crippen MR) is 122 cm³/mol. The lowest BCUT2D eigenvalue weighted by atomic mass is 10.1. The number of hydrogen-bond donors (Lipinski definition) is 2. The highest BCUT2D eigenvalue weighted by Gasteiger charge is 2.22. The van der Waals surface area contributed by atoms with Gasteiger partial charge in [0, 0.05) is 34.2 Å². The molecule has 172 valence electrons. The van der Waals surface area contributed by atoms with Crippen LogP contribution >= 0.6 is 15.9 Å². The molecule has 4 aromatic rings. The zero-order chi connectivity index (χ0) is 23.5. The highest BCUT2D eigenvalue weighted by atomic mass is 79.9. The first-order valence-electron chi connectivity index (χ1n) is 9.46. The molecule has 33 heavy (non-hydrogen) atoms. The van der Waals surface area contributed by atoms with Gasteiger partial charge in [-0.3, -0.25) is 4.72 Å². The number of nitrogens with zero attached hydrogens (tertiary/aromatic N) is 4. The van der Waals surface area contributed by atoms with Crippen molar-refractivity contribution in [1.29, 1.82) is 0 Å². The zero-order valence-corrected chi connectivity index (χ0v) is 19.7. The maximum Gasteiger partial charge on any atom is 0.243 e. The van der Waals surface area contributed by atoms with E-state index in [1.165, 1.54) is 14.2 Å². The van der Waals surface area contributed by atoms with E-state index >= 15 is 0 Å². The minimum atomic E-state index is -2.64. The minimum absolute atomic E-state index is 0.0249.